The van der Waals surface area contributed by atoms with Crippen LogP contribution in [0, 0.1) is 5.92 Å². The molecule has 2 aromatic carbocycles. The van der Waals surface area contributed by atoms with Crippen LogP contribution >= 0.6 is 23.2 Å². The van der Waals surface area contributed by atoms with E-state index < -0.39 is 5.97 Å². The monoisotopic (exact) mass is 450 g/mol. The Hall–Kier alpha value is -2.28. The van der Waals surface area contributed by atoms with E-state index in [2.05, 4.69) is 10.1 Å². The Kier molecular flexibility index (Phi) is 7.96. The molecule has 1 heterocycles. The fourth-order valence-electron chi connectivity index (χ4n) is 3.45. The molecule has 0 saturated carbocycles. The van der Waals surface area contributed by atoms with Gasteiger partial charge in [-0.15, -0.1) is 0 Å². The highest BCUT2D eigenvalue weighted by atomic mass is 35.5. The molecule has 0 aliphatic carbocycles. The van der Waals surface area contributed by atoms with Crippen LogP contribution in [0.2, 0.25) is 10.0 Å². The minimum Gasteiger partial charge on any atom is -0.497 e. The van der Waals surface area contributed by atoms with Gasteiger partial charge in [0.15, 0.2) is 0 Å². The summed E-state index contributed by atoms with van der Waals surface area (Å²) in [5.41, 5.74) is 2.05. The van der Waals surface area contributed by atoms with Gasteiger partial charge in [-0.25, -0.2) is 0 Å². The lowest BCUT2D eigenvalue weighted by Crippen LogP contribution is -2.40. The smallest absolute Gasteiger partial charge is 0.307 e. The number of hydrogen-bond donors (Lipinski definition) is 1. The molecule has 0 unspecified atom stereocenters. The summed E-state index contributed by atoms with van der Waals surface area (Å²) in [4.78, 5) is 19.0. The third kappa shape index (κ3) is 5.88. The van der Waals surface area contributed by atoms with Gasteiger partial charge in [0.05, 0.1) is 18.1 Å². The number of piperidine rings is 1. The minimum atomic E-state index is -0.740. The molecule has 8 heteroatoms. The number of oxime groups is 1. The van der Waals surface area contributed by atoms with E-state index in [0.29, 0.717) is 46.8 Å². The predicted octanol–water partition coefficient (Wildman–Crippen LogP) is 4.57. The quantitative estimate of drug-likeness (QED) is 0.362. The van der Waals surface area contributed by atoms with Crippen molar-refractivity contribution in [2.45, 2.75) is 12.8 Å². The number of aliphatic carboxylic acids is 1. The first kappa shape index (κ1) is 22.4. The van der Waals surface area contributed by atoms with Gasteiger partial charge >= 0.3 is 5.97 Å². The van der Waals surface area contributed by atoms with E-state index in [1.807, 2.05) is 24.3 Å². The van der Waals surface area contributed by atoms with Gasteiger partial charge in [0.1, 0.15) is 18.1 Å². The van der Waals surface area contributed by atoms with Gasteiger partial charge in [0.25, 0.3) is 0 Å². The SMILES string of the molecule is COc1cccc(/C(=N/OCCN2CCC[C@@H](C(=O)O)C2)c2ccc(Cl)cc2Cl)c1. The van der Waals surface area contributed by atoms with Gasteiger partial charge in [-0.1, -0.05) is 40.5 Å². The first-order valence-corrected chi connectivity index (χ1v) is 10.5. The number of rotatable bonds is 8. The molecular weight excluding hydrogens is 427 g/mol. The molecule has 6 nitrogen and oxygen atoms in total. The second-order valence-electron chi connectivity index (χ2n) is 7.11. The van der Waals surface area contributed by atoms with E-state index in [9.17, 15) is 9.90 Å². The van der Waals surface area contributed by atoms with Crippen molar-refractivity contribution < 1.29 is 19.5 Å². The number of hydrogen-bond acceptors (Lipinski definition) is 5. The van der Waals surface area contributed by atoms with E-state index in [-0.39, 0.29) is 5.92 Å². The summed E-state index contributed by atoms with van der Waals surface area (Å²) in [6.07, 6.45) is 1.59. The van der Waals surface area contributed by atoms with E-state index in [1.165, 1.54) is 0 Å². The van der Waals surface area contributed by atoms with Crippen LogP contribution in [-0.2, 0) is 9.63 Å². The molecule has 1 saturated heterocycles. The molecular formula is C22H24Cl2N2O4. The lowest BCUT2D eigenvalue weighted by Gasteiger charge is -2.29. The number of nitrogens with zero attached hydrogens (tertiary/aromatic N) is 2. The summed E-state index contributed by atoms with van der Waals surface area (Å²) in [6.45, 7) is 2.34. The van der Waals surface area contributed by atoms with Crippen LogP contribution in [0.4, 0.5) is 0 Å². The van der Waals surface area contributed by atoms with Crippen LogP contribution in [0.25, 0.3) is 0 Å². The van der Waals surface area contributed by atoms with Gasteiger partial charge in [-0.05, 0) is 49.7 Å². The van der Waals surface area contributed by atoms with Gasteiger partial charge in [0, 0.05) is 29.2 Å². The first-order valence-electron chi connectivity index (χ1n) is 9.73. The van der Waals surface area contributed by atoms with E-state index in [0.717, 1.165) is 24.9 Å². The normalized spacial score (nSPS) is 17.6. The molecule has 0 radical (unpaired) electrons. The molecule has 2 aromatic rings. The second kappa shape index (κ2) is 10.7. The maximum atomic E-state index is 11.2. The molecule has 1 fully saturated rings. The van der Waals surface area contributed by atoms with Crippen LogP contribution < -0.4 is 4.74 Å². The molecule has 0 amide bonds. The van der Waals surface area contributed by atoms with Crippen molar-refractivity contribution in [3.63, 3.8) is 0 Å². The van der Waals surface area contributed by atoms with Crippen LogP contribution in [0.3, 0.4) is 0 Å². The summed E-state index contributed by atoms with van der Waals surface area (Å²) in [5, 5.41) is 14.6. The van der Waals surface area contributed by atoms with Crippen molar-refractivity contribution in [3.05, 3.63) is 63.6 Å². The molecule has 1 aliphatic heterocycles. The molecule has 160 valence electrons. The van der Waals surface area contributed by atoms with Crippen LogP contribution in [0.1, 0.15) is 24.0 Å². The zero-order chi connectivity index (χ0) is 21.5. The molecule has 1 N–H and O–H groups in total. The fourth-order valence-corrected chi connectivity index (χ4v) is 3.95. The van der Waals surface area contributed by atoms with Crippen molar-refractivity contribution in [1.82, 2.24) is 4.90 Å². The molecule has 3 rings (SSSR count). The predicted molar refractivity (Wildman–Crippen MR) is 118 cm³/mol. The zero-order valence-electron chi connectivity index (χ0n) is 16.7. The van der Waals surface area contributed by atoms with E-state index in [4.69, 9.17) is 32.8 Å². The highest BCUT2D eigenvalue weighted by Gasteiger charge is 2.25. The van der Waals surface area contributed by atoms with Gasteiger partial charge < -0.3 is 14.7 Å². The summed E-state index contributed by atoms with van der Waals surface area (Å²) in [5.74, 6) is -0.364. The Morgan fingerprint density at radius 1 is 1.27 bits per heavy atom. The zero-order valence-corrected chi connectivity index (χ0v) is 18.2. The van der Waals surface area contributed by atoms with Crippen LogP contribution in [0.15, 0.2) is 47.6 Å². The number of carboxylic acid groups (broad SMARTS) is 1. The van der Waals surface area contributed by atoms with Crippen molar-refractivity contribution in [1.29, 1.82) is 0 Å². The molecule has 0 bridgehead atoms. The average Bonchev–Trinajstić information content (AvgIpc) is 2.75. The average molecular weight is 451 g/mol. The maximum absolute atomic E-state index is 11.2. The highest BCUT2D eigenvalue weighted by molar-refractivity contribution is 6.37. The Bertz CT molecular complexity index is 920. The lowest BCUT2D eigenvalue weighted by atomic mass is 9.98. The third-order valence-corrected chi connectivity index (χ3v) is 5.59. The highest BCUT2D eigenvalue weighted by Crippen LogP contribution is 2.25. The minimum absolute atomic E-state index is 0.317. The van der Waals surface area contributed by atoms with Gasteiger partial charge in [0.2, 0.25) is 0 Å². The summed E-state index contributed by atoms with van der Waals surface area (Å²) < 4.78 is 5.32. The Morgan fingerprint density at radius 2 is 2.10 bits per heavy atom. The number of carbonyl (C=O) groups is 1. The van der Waals surface area contributed by atoms with Crippen LogP contribution in [-0.4, -0.2) is 55.0 Å². The number of likely N-dealkylation sites (tertiary alicyclic amines) is 1. The fraction of sp³-hybridized carbons (Fsp3) is 0.364. The molecule has 0 aromatic heterocycles. The summed E-state index contributed by atoms with van der Waals surface area (Å²) >= 11 is 12.5. The molecule has 30 heavy (non-hydrogen) atoms. The Labute approximate surface area is 186 Å². The first-order chi connectivity index (χ1) is 14.5. The Morgan fingerprint density at radius 3 is 2.83 bits per heavy atom. The van der Waals surface area contributed by atoms with E-state index >= 15 is 0 Å². The van der Waals surface area contributed by atoms with Crippen molar-refractivity contribution >= 4 is 34.9 Å². The number of carboxylic acids is 1. The largest absolute Gasteiger partial charge is 0.497 e. The number of ether oxygens (including phenoxy) is 1. The number of methoxy groups -OCH3 is 1. The lowest BCUT2D eigenvalue weighted by molar-refractivity contribution is -0.143. The summed E-state index contributed by atoms with van der Waals surface area (Å²) in [6, 6.07) is 12.7. The second-order valence-corrected chi connectivity index (χ2v) is 7.95. The summed E-state index contributed by atoms with van der Waals surface area (Å²) in [7, 11) is 1.60. The van der Waals surface area contributed by atoms with Gasteiger partial charge in [-0.3, -0.25) is 9.69 Å². The number of benzene rings is 2. The van der Waals surface area contributed by atoms with Gasteiger partial charge in [-0.2, -0.15) is 0 Å². The number of halogens is 2. The van der Waals surface area contributed by atoms with Crippen LogP contribution in [0.5, 0.6) is 5.75 Å². The van der Waals surface area contributed by atoms with Crippen molar-refractivity contribution in [2.75, 3.05) is 33.4 Å². The molecule has 1 atom stereocenters. The molecule has 0 spiro atoms. The van der Waals surface area contributed by atoms with Crippen molar-refractivity contribution in [2.24, 2.45) is 11.1 Å². The third-order valence-electron chi connectivity index (χ3n) is 5.04. The van der Waals surface area contributed by atoms with Crippen molar-refractivity contribution in [3.8, 4) is 5.75 Å². The topological polar surface area (TPSA) is 71.4 Å². The van der Waals surface area contributed by atoms with E-state index in [1.54, 1.807) is 25.3 Å². The molecule has 1 aliphatic rings. The maximum Gasteiger partial charge on any atom is 0.307 e. The Balaban J connectivity index is 1.75. The standard InChI is InChI=1S/C22H24Cl2N2O4/c1-29-18-6-2-4-15(12-18)21(19-8-7-17(23)13-20(19)24)25-30-11-10-26-9-3-5-16(14-26)22(27)28/h2,4,6-8,12-13,16H,3,5,9-11,14H2,1H3,(H,27,28)/b25-21-/t16-/m1/s1.